The van der Waals surface area contributed by atoms with Crippen LogP contribution in [0.15, 0.2) is 140 Å². The summed E-state index contributed by atoms with van der Waals surface area (Å²) in [5.74, 6) is 0. The third-order valence-electron chi connectivity index (χ3n) is 8.42. The maximum atomic E-state index is 13.7. The van der Waals surface area contributed by atoms with Gasteiger partial charge in [0.05, 0.1) is 11.0 Å². The number of allylic oxidation sites excluding steroid dienone is 4. The lowest BCUT2D eigenvalue weighted by Crippen LogP contribution is -2.29. The van der Waals surface area contributed by atoms with E-state index < -0.39 is 17.2 Å². The molecule has 1 unspecified atom stereocenters. The summed E-state index contributed by atoms with van der Waals surface area (Å²) >= 11 is 0. The summed E-state index contributed by atoms with van der Waals surface area (Å²) in [5, 5.41) is 0. The first-order chi connectivity index (χ1) is 20.0. The van der Waals surface area contributed by atoms with Gasteiger partial charge in [0.25, 0.3) is 0 Å². The molecule has 0 aromatic heterocycles. The first kappa shape index (κ1) is 25.3. The van der Waals surface area contributed by atoms with Gasteiger partial charge in [-0.3, -0.25) is 0 Å². The molecule has 0 amide bonds. The minimum absolute atomic E-state index is 0.646. The Morgan fingerprint density at radius 3 is 1.73 bits per heavy atom. The predicted molar refractivity (Wildman–Crippen MR) is 161 cm³/mol. The second kappa shape index (κ2) is 9.78. The van der Waals surface area contributed by atoms with Gasteiger partial charge in [-0.25, -0.2) is 0 Å². The van der Waals surface area contributed by atoms with Crippen molar-refractivity contribution in [2.75, 3.05) is 0 Å². The van der Waals surface area contributed by atoms with Gasteiger partial charge in [-0.15, -0.1) is 0 Å². The van der Waals surface area contributed by atoms with Gasteiger partial charge in [0.1, 0.15) is 0 Å². The topological polar surface area (TPSA) is 0 Å². The maximum Gasteiger partial charge on any atom is 0.416 e. The standard InChI is InChI=1S/C38H27F3/c39-38(40,41)32-20-18-31(19-21-32)37(30-14-8-3-9-15-30)35-24-28(26-10-4-1-5-11-26)16-22-33(35)34-23-17-29(25-36(34)37)27-12-6-2-7-13-27/h1,3-6,8-25H,2,7H2. The van der Waals surface area contributed by atoms with Crippen molar-refractivity contribution < 1.29 is 13.2 Å². The predicted octanol–water partition coefficient (Wildman–Crippen LogP) is 10.5. The van der Waals surface area contributed by atoms with Crippen LogP contribution in [0.25, 0.3) is 27.8 Å². The Balaban J connectivity index is 1.56. The zero-order chi connectivity index (χ0) is 28.0. The van der Waals surface area contributed by atoms with Gasteiger partial charge < -0.3 is 0 Å². The number of hydrogen-bond donors (Lipinski definition) is 0. The SMILES string of the molecule is FC(F)(F)c1ccc(C2(c3ccccc3)c3cc(C4=CCCC=C4)ccc3-c3ccc(-c4ccccc4)cc32)cc1. The van der Waals surface area contributed by atoms with Gasteiger partial charge in [-0.1, -0.05) is 115 Å². The first-order valence-corrected chi connectivity index (χ1v) is 13.9. The molecule has 200 valence electrons. The molecule has 0 nitrogen and oxygen atoms in total. The zero-order valence-corrected chi connectivity index (χ0v) is 22.3. The molecule has 2 aliphatic rings. The van der Waals surface area contributed by atoms with Gasteiger partial charge in [-0.2, -0.15) is 13.2 Å². The highest BCUT2D eigenvalue weighted by Crippen LogP contribution is 2.57. The Hall–Kier alpha value is -4.63. The first-order valence-electron chi connectivity index (χ1n) is 13.9. The van der Waals surface area contributed by atoms with E-state index in [0.717, 1.165) is 62.9 Å². The molecule has 0 spiro atoms. The van der Waals surface area contributed by atoms with Crippen molar-refractivity contribution >= 4 is 5.57 Å². The van der Waals surface area contributed by atoms with Crippen molar-refractivity contribution in [3.8, 4) is 22.3 Å². The Labute approximate surface area is 238 Å². The van der Waals surface area contributed by atoms with Crippen LogP contribution in [0.4, 0.5) is 13.2 Å². The number of rotatable bonds is 4. The van der Waals surface area contributed by atoms with Gasteiger partial charge in [0.2, 0.25) is 0 Å². The average Bonchev–Trinajstić information content (AvgIpc) is 3.32. The summed E-state index contributed by atoms with van der Waals surface area (Å²) < 4.78 is 41.0. The molecule has 0 bridgehead atoms. The van der Waals surface area contributed by atoms with Crippen LogP contribution in [0.1, 0.15) is 46.2 Å². The fourth-order valence-corrected chi connectivity index (χ4v) is 6.53. The van der Waals surface area contributed by atoms with E-state index in [2.05, 4.69) is 78.9 Å². The fraction of sp³-hybridized carbons (Fsp3) is 0.105. The molecule has 0 N–H and O–H groups in total. The lowest BCUT2D eigenvalue weighted by Gasteiger charge is -2.34. The van der Waals surface area contributed by atoms with Crippen LogP contribution in [0.3, 0.4) is 0 Å². The summed E-state index contributed by atoms with van der Waals surface area (Å²) in [4.78, 5) is 0. The van der Waals surface area contributed by atoms with Crippen molar-refractivity contribution in [2.45, 2.75) is 24.4 Å². The Morgan fingerprint density at radius 1 is 0.537 bits per heavy atom. The quantitative estimate of drug-likeness (QED) is 0.209. The molecule has 0 fully saturated rings. The molecule has 0 aliphatic heterocycles. The van der Waals surface area contributed by atoms with E-state index in [4.69, 9.17) is 0 Å². The van der Waals surface area contributed by atoms with Crippen LogP contribution < -0.4 is 0 Å². The summed E-state index contributed by atoms with van der Waals surface area (Å²) in [6, 6.07) is 39.3. The Kier molecular flexibility index (Phi) is 6.04. The lowest BCUT2D eigenvalue weighted by molar-refractivity contribution is -0.137. The molecule has 7 rings (SSSR count). The minimum atomic E-state index is -4.41. The number of benzene rings is 5. The molecule has 3 heteroatoms. The van der Waals surface area contributed by atoms with E-state index in [1.165, 1.54) is 17.7 Å². The van der Waals surface area contributed by atoms with Crippen LogP contribution in [-0.2, 0) is 11.6 Å². The highest BCUT2D eigenvalue weighted by molar-refractivity contribution is 5.90. The molecule has 5 aromatic carbocycles. The second-order valence-corrected chi connectivity index (χ2v) is 10.7. The van der Waals surface area contributed by atoms with Crippen LogP contribution in [0.2, 0.25) is 0 Å². The molecular formula is C38H27F3. The number of alkyl halides is 3. The highest BCUT2D eigenvalue weighted by Gasteiger charge is 2.47. The van der Waals surface area contributed by atoms with Gasteiger partial charge in [-0.05, 0) is 92.8 Å². The molecule has 0 heterocycles. The van der Waals surface area contributed by atoms with E-state index in [-0.39, 0.29) is 0 Å². The molecule has 0 radical (unpaired) electrons. The van der Waals surface area contributed by atoms with Crippen molar-refractivity contribution in [3.05, 3.63) is 173 Å². The number of halogens is 3. The van der Waals surface area contributed by atoms with Crippen LogP contribution in [-0.4, -0.2) is 0 Å². The van der Waals surface area contributed by atoms with Crippen molar-refractivity contribution in [1.29, 1.82) is 0 Å². The summed E-state index contributed by atoms with van der Waals surface area (Å²) in [5.41, 5.74) is 9.21. The third kappa shape index (κ3) is 4.15. The molecule has 0 saturated heterocycles. The van der Waals surface area contributed by atoms with E-state index in [0.29, 0.717) is 0 Å². The fourth-order valence-electron chi connectivity index (χ4n) is 6.53. The minimum Gasteiger partial charge on any atom is -0.166 e. The number of hydrogen-bond acceptors (Lipinski definition) is 0. The summed E-state index contributed by atoms with van der Waals surface area (Å²) in [6.45, 7) is 0. The van der Waals surface area contributed by atoms with Crippen molar-refractivity contribution in [3.63, 3.8) is 0 Å². The maximum absolute atomic E-state index is 13.7. The lowest BCUT2D eigenvalue weighted by atomic mass is 9.67. The largest absolute Gasteiger partial charge is 0.416 e. The zero-order valence-electron chi connectivity index (χ0n) is 22.3. The summed E-state index contributed by atoms with van der Waals surface area (Å²) in [7, 11) is 0. The van der Waals surface area contributed by atoms with Crippen molar-refractivity contribution in [1.82, 2.24) is 0 Å². The monoisotopic (exact) mass is 540 g/mol. The van der Waals surface area contributed by atoms with Gasteiger partial charge in [0.15, 0.2) is 0 Å². The molecule has 2 aliphatic carbocycles. The second-order valence-electron chi connectivity index (χ2n) is 10.7. The third-order valence-corrected chi connectivity index (χ3v) is 8.42. The molecular weight excluding hydrogens is 513 g/mol. The van der Waals surface area contributed by atoms with E-state index >= 15 is 0 Å². The number of fused-ring (bicyclic) bond motifs is 3. The van der Waals surface area contributed by atoms with E-state index in [1.54, 1.807) is 12.1 Å². The molecule has 41 heavy (non-hydrogen) atoms. The highest BCUT2D eigenvalue weighted by atomic mass is 19.4. The van der Waals surface area contributed by atoms with E-state index in [9.17, 15) is 13.2 Å². The molecule has 1 atom stereocenters. The van der Waals surface area contributed by atoms with Crippen LogP contribution in [0, 0.1) is 0 Å². The molecule has 0 saturated carbocycles. The van der Waals surface area contributed by atoms with Crippen molar-refractivity contribution in [2.24, 2.45) is 0 Å². The van der Waals surface area contributed by atoms with Gasteiger partial charge >= 0.3 is 6.18 Å². The summed E-state index contributed by atoms with van der Waals surface area (Å²) in [6.07, 6.45) is 4.25. The van der Waals surface area contributed by atoms with Gasteiger partial charge in [0, 0.05) is 0 Å². The molecule has 5 aromatic rings. The van der Waals surface area contributed by atoms with Crippen LogP contribution in [0.5, 0.6) is 0 Å². The smallest absolute Gasteiger partial charge is 0.166 e. The normalized spacial score (nSPS) is 17.6. The Bertz CT molecular complexity index is 1790. The van der Waals surface area contributed by atoms with E-state index in [1.807, 2.05) is 36.4 Å². The van der Waals surface area contributed by atoms with Crippen LogP contribution >= 0.6 is 0 Å². The average molecular weight is 541 g/mol. The Morgan fingerprint density at radius 2 is 1.12 bits per heavy atom.